The van der Waals surface area contributed by atoms with Gasteiger partial charge in [0, 0.05) is 12.2 Å². The Morgan fingerprint density at radius 1 is 0.963 bits per heavy atom. The summed E-state index contributed by atoms with van der Waals surface area (Å²) in [6.45, 7) is 0.728. The van der Waals surface area contributed by atoms with Gasteiger partial charge < -0.3 is 20.1 Å². The smallest absolute Gasteiger partial charge is 0.376 e. The highest BCUT2D eigenvalue weighted by atomic mass is 19.4. The quantitative estimate of drug-likeness (QED) is 0.603. The summed E-state index contributed by atoms with van der Waals surface area (Å²) < 4.78 is 86.9. The second-order valence-electron chi connectivity index (χ2n) is 5.53. The van der Waals surface area contributed by atoms with Crippen LogP contribution in [0.15, 0.2) is 18.2 Å². The fraction of sp³-hybridized carbons (Fsp3) is 0.467. The topological polar surface area (TPSA) is 76.7 Å². The van der Waals surface area contributed by atoms with Crippen molar-refractivity contribution in [1.82, 2.24) is 5.32 Å². The number of hydrogen-bond donors (Lipinski definition) is 2. The molecular weight excluding hydrogens is 386 g/mol. The van der Waals surface area contributed by atoms with Crippen LogP contribution in [0.5, 0.6) is 0 Å². The van der Waals surface area contributed by atoms with Crippen LogP contribution in [0.2, 0.25) is 0 Å². The minimum absolute atomic E-state index is 0.0872. The number of alkyl halides is 6. The highest BCUT2D eigenvalue weighted by Crippen LogP contribution is 2.37. The fourth-order valence-corrected chi connectivity index (χ4v) is 2.16. The number of amides is 2. The third kappa shape index (κ3) is 6.10. The maximum atomic E-state index is 12.8. The maximum absolute atomic E-state index is 12.8. The summed E-state index contributed by atoms with van der Waals surface area (Å²) in [7, 11) is 0. The van der Waals surface area contributed by atoms with Gasteiger partial charge in [-0.1, -0.05) is 0 Å². The average Bonchev–Trinajstić information content (AvgIpc) is 2.58. The molecule has 0 spiro atoms. The van der Waals surface area contributed by atoms with Gasteiger partial charge >= 0.3 is 24.2 Å². The summed E-state index contributed by atoms with van der Waals surface area (Å²) in [6, 6.07) is 0.521. The second kappa shape index (κ2) is 8.13. The standard InChI is InChI=1S/C15H14F6N2O4/c16-14(17,18)8-3-9(15(19,20)21)5-10(4-8)23-13(25)12(24)22-6-11-7-26-1-2-27-11/h3-5,11H,1-2,6-7H2,(H,22,24)(H,23,25)/t11-/m1/s1. The van der Waals surface area contributed by atoms with E-state index in [1.807, 2.05) is 0 Å². The number of hydrogen-bond acceptors (Lipinski definition) is 4. The van der Waals surface area contributed by atoms with Gasteiger partial charge in [0.1, 0.15) is 0 Å². The Kier molecular flexibility index (Phi) is 6.31. The first-order valence-electron chi connectivity index (χ1n) is 7.55. The van der Waals surface area contributed by atoms with Crippen molar-refractivity contribution in [2.45, 2.75) is 18.5 Å². The van der Waals surface area contributed by atoms with E-state index in [1.54, 1.807) is 5.32 Å². The van der Waals surface area contributed by atoms with Crippen LogP contribution in [-0.4, -0.2) is 44.3 Å². The molecule has 1 atom stereocenters. The Morgan fingerprint density at radius 2 is 1.56 bits per heavy atom. The van der Waals surface area contributed by atoms with E-state index < -0.39 is 47.1 Å². The summed E-state index contributed by atoms with van der Waals surface area (Å²) in [5.41, 5.74) is -4.03. The number of benzene rings is 1. The van der Waals surface area contributed by atoms with Crippen molar-refractivity contribution >= 4 is 17.5 Å². The van der Waals surface area contributed by atoms with Crippen LogP contribution in [0.3, 0.4) is 0 Å². The molecule has 2 amide bonds. The van der Waals surface area contributed by atoms with Gasteiger partial charge in [0.25, 0.3) is 0 Å². The van der Waals surface area contributed by atoms with Crippen LogP contribution in [0, 0.1) is 0 Å². The highest BCUT2D eigenvalue weighted by Gasteiger charge is 2.37. The largest absolute Gasteiger partial charge is 0.416 e. The SMILES string of the molecule is O=C(NC[C@@H]1COCCO1)C(=O)Nc1cc(C(F)(F)F)cc(C(F)(F)F)c1. The molecule has 0 aromatic heterocycles. The molecule has 6 nitrogen and oxygen atoms in total. The predicted molar refractivity (Wildman–Crippen MR) is 78.6 cm³/mol. The predicted octanol–water partition coefficient (Wildman–Crippen LogP) is 2.19. The molecule has 1 fully saturated rings. The molecule has 12 heteroatoms. The van der Waals surface area contributed by atoms with Crippen molar-refractivity contribution in [3.05, 3.63) is 29.3 Å². The minimum atomic E-state index is -5.07. The van der Waals surface area contributed by atoms with Gasteiger partial charge in [0.2, 0.25) is 0 Å². The van der Waals surface area contributed by atoms with Gasteiger partial charge in [-0.25, -0.2) is 0 Å². The van der Waals surface area contributed by atoms with Gasteiger partial charge in [0.15, 0.2) is 0 Å². The van der Waals surface area contributed by atoms with E-state index in [1.165, 1.54) is 0 Å². The minimum Gasteiger partial charge on any atom is -0.376 e. The van der Waals surface area contributed by atoms with E-state index in [9.17, 15) is 35.9 Å². The van der Waals surface area contributed by atoms with E-state index >= 15 is 0 Å². The fourth-order valence-electron chi connectivity index (χ4n) is 2.16. The molecule has 1 aliphatic rings. The van der Waals surface area contributed by atoms with Crippen LogP contribution < -0.4 is 10.6 Å². The van der Waals surface area contributed by atoms with E-state index in [2.05, 4.69) is 5.32 Å². The molecule has 1 heterocycles. The number of carbonyl (C=O) groups excluding carboxylic acids is 2. The Morgan fingerprint density at radius 3 is 2.04 bits per heavy atom. The number of anilines is 1. The highest BCUT2D eigenvalue weighted by molar-refractivity contribution is 6.39. The van der Waals surface area contributed by atoms with Crippen LogP contribution in [0.1, 0.15) is 11.1 Å². The summed E-state index contributed by atoms with van der Waals surface area (Å²) >= 11 is 0. The number of halogens is 6. The molecule has 27 heavy (non-hydrogen) atoms. The molecule has 1 aromatic rings. The van der Waals surface area contributed by atoms with Crippen LogP contribution in [0.25, 0.3) is 0 Å². The van der Waals surface area contributed by atoms with E-state index in [4.69, 9.17) is 9.47 Å². The molecule has 0 unspecified atom stereocenters. The van der Waals surface area contributed by atoms with Crippen molar-refractivity contribution < 1.29 is 45.4 Å². The summed E-state index contributed by atoms with van der Waals surface area (Å²) in [5, 5.41) is 3.89. The maximum Gasteiger partial charge on any atom is 0.416 e. The molecule has 1 aromatic carbocycles. The third-order valence-corrected chi connectivity index (χ3v) is 3.43. The lowest BCUT2D eigenvalue weighted by Crippen LogP contribution is -2.43. The zero-order chi connectivity index (χ0) is 20.2. The molecule has 150 valence electrons. The van der Waals surface area contributed by atoms with Crippen LogP contribution in [0.4, 0.5) is 32.0 Å². The van der Waals surface area contributed by atoms with Gasteiger partial charge in [0.05, 0.1) is 37.1 Å². The zero-order valence-corrected chi connectivity index (χ0v) is 13.5. The first-order chi connectivity index (χ1) is 12.5. The van der Waals surface area contributed by atoms with E-state index in [0.29, 0.717) is 18.7 Å². The molecule has 0 radical (unpaired) electrons. The lowest BCUT2D eigenvalue weighted by Gasteiger charge is -2.22. The molecule has 0 aliphatic carbocycles. The van der Waals surface area contributed by atoms with Crippen molar-refractivity contribution in [3.8, 4) is 0 Å². The average molecular weight is 400 g/mol. The lowest BCUT2D eigenvalue weighted by molar-refractivity contribution is -0.143. The summed E-state index contributed by atoms with van der Waals surface area (Å²) in [6.07, 6.45) is -10.6. The van der Waals surface area contributed by atoms with Crippen LogP contribution in [-0.2, 0) is 31.4 Å². The van der Waals surface area contributed by atoms with Crippen molar-refractivity contribution in [3.63, 3.8) is 0 Å². The molecule has 0 bridgehead atoms. The Bertz CT molecular complexity index is 666. The lowest BCUT2D eigenvalue weighted by atomic mass is 10.1. The summed E-state index contributed by atoms with van der Waals surface area (Å²) in [5.74, 6) is -2.66. The Hall–Kier alpha value is -2.34. The molecule has 2 rings (SSSR count). The summed E-state index contributed by atoms with van der Waals surface area (Å²) in [4.78, 5) is 23.4. The molecule has 1 saturated heterocycles. The number of nitrogens with one attached hydrogen (secondary N) is 2. The number of carbonyl (C=O) groups is 2. The number of rotatable bonds is 3. The second-order valence-corrected chi connectivity index (χ2v) is 5.53. The molecule has 0 saturated carbocycles. The molecule has 1 aliphatic heterocycles. The van der Waals surface area contributed by atoms with E-state index in [0.717, 1.165) is 0 Å². The van der Waals surface area contributed by atoms with Gasteiger partial charge in [-0.15, -0.1) is 0 Å². The van der Waals surface area contributed by atoms with Crippen molar-refractivity contribution in [2.75, 3.05) is 31.7 Å². The normalized spacial score (nSPS) is 18.1. The van der Waals surface area contributed by atoms with Crippen molar-refractivity contribution in [1.29, 1.82) is 0 Å². The van der Waals surface area contributed by atoms with Crippen LogP contribution >= 0.6 is 0 Å². The van der Waals surface area contributed by atoms with Crippen molar-refractivity contribution in [2.24, 2.45) is 0 Å². The Labute approximate surface area is 148 Å². The third-order valence-electron chi connectivity index (χ3n) is 3.43. The first kappa shape index (κ1) is 21.0. The molecule has 2 N–H and O–H groups in total. The van der Waals surface area contributed by atoms with E-state index in [-0.39, 0.29) is 25.8 Å². The van der Waals surface area contributed by atoms with Gasteiger partial charge in [-0.05, 0) is 18.2 Å². The number of ether oxygens (including phenoxy) is 2. The van der Waals surface area contributed by atoms with Gasteiger partial charge in [-0.2, -0.15) is 26.3 Å². The first-order valence-corrected chi connectivity index (χ1v) is 7.55. The molecular formula is C15H14F6N2O4. The zero-order valence-electron chi connectivity index (χ0n) is 13.5. The monoisotopic (exact) mass is 400 g/mol. The Balaban J connectivity index is 2.08. The van der Waals surface area contributed by atoms with Gasteiger partial charge in [-0.3, -0.25) is 9.59 Å².